The first-order valence-corrected chi connectivity index (χ1v) is 12.4. The van der Waals surface area contributed by atoms with Crippen molar-refractivity contribution >= 4 is 23.6 Å². The minimum absolute atomic E-state index is 0.0554. The van der Waals surface area contributed by atoms with Crippen LogP contribution >= 0.6 is 11.8 Å². The van der Waals surface area contributed by atoms with Crippen molar-refractivity contribution in [3.63, 3.8) is 0 Å². The van der Waals surface area contributed by atoms with Gasteiger partial charge in [-0.3, -0.25) is 14.5 Å². The number of rotatable bonds is 8. The Labute approximate surface area is 194 Å². The summed E-state index contributed by atoms with van der Waals surface area (Å²) < 4.78 is 6.08. The first-order valence-electron chi connectivity index (χ1n) is 11.1. The molecule has 4 rings (SSSR count). The summed E-state index contributed by atoms with van der Waals surface area (Å²) in [5.41, 5.74) is 3.89. The molecular formula is C25H31N3O3S. The molecule has 1 saturated heterocycles. The van der Waals surface area contributed by atoms with Crippen molar-refractivity contribution in [3.8, 4) is 5.75 Å². The van der Waals surface area contributed by atoms with Crippen molar-refractivity contribution in [2.75, 3.05) is 32.9 Å². The second-order valence-electron chi connectivity index (χ2n) is 8.43. The number of fused-ring (bicyclic) bond motifs is 1. The number of piperidine rings is 1. The Kier molecular flexibility index (Phi) is 7.37. The van der Waals surface area contributed by atoms with Gasteiger partial charge in [-0.1, -0.05) is 30.3 Å². The van der Waals surface area contributed by atoms with Crippen LogP contribution in [0.5, 0.6) is 5.75 Å². The average molecular weight is 454 g/mol. The maximum atomic E-state index is 12.6. The summed E-state index contributed by atoms with van der Waals surface area (Å²) in [6, 6.07) is 14.1. The third-order valence-corrected chi connectivity index (χ3v) is 7.44. The monoisotopic (exact) mass is 453 g/mol. The second-order valence-corrected chi connectivity index (χ2v) is 9.57. The van der Waals surface area contributed by atoms with E-state index in [-0.39, 0.29) is 18.4 Å². The summed E-state index contributed by atoms with van der Waals surface area (Å²) >= 11 is 1.99. The average Bonchev–Trinajstić information content (AvgIpc) is 3.14. The SMILES string of the molecule is CNC(=O)CN1Cc2c(OCc3ccc(CN4CCC(SC)CC4)cc3)cccc2C1=O. The van der Waals surface area contributed by atoms with Crippen molar-refractivity contribution in [2.24, 2.45) is 0 Å². The predicted molar refractivity (Wildman–Crippen MR) is 128 cm³/mol. The summed E-state index contributed by atoms with van der Waals surface area (Å²) in [6.45, 7) is 4.23. The van der Waals surface area contributed by atoms with Crippen molar-refractivity contribution < 1.29 is 14.3 Å². The van der Waals surface area contributed by atoms with Crippen LogP contribution in [-0.2, 0) is 24.5 Å². The van der Waals surface area contributed by atoms with Gasteiger partial charge in [0.1, 0.15) is 18.9 Å². The van der Waals surface area contributed by atoms with Gasteiger partial charge in [0.2, 0.25) is 5.91 Å². The van der Waals surface area contributed by atoms with Crippen molar-refractivity contribution in [3.05, 3.63) is 64.7 Å². The van der Waals surface area contributed by atoms with Gasteiger partial charge in [0.05, 0.1) is 6.54 Å². The first kappa shape index (κ1) is 22.7. The molecule has 2 amide bonds. The van der Waals surface area contributed by atoms with E-state index in [2.05, 4.69) is 40.7 Å². The molecule has 0 unspecified atom stereocenters. The number of thioether (sulfide) groups is 1. The summed E-state index contributed by atoms with van der Waals surface area (Å²) in [5, 5.41) is 3.38. The predicted octanol–water partition coefficient (Wildman–Crippen LogP) is 3.29. The van der Waals surface area contributed by atoms with Gasteiger partial charge in [0.15, 0.2) is 0 Å². The smallest absolute Gasteiger partial charge is 0.255 e. The number of hydrogen-bond donors (Lipinski definition) is 1. The summed E-state index contributed by atoms with van der Waals surface area (Å²) in [7, 11) is 1.57. The minimum atomic E-state index is -0.178. The molecule has 2 aliphatic rings. The van der Waals surface area contributed by atoms with Crippen LogP contribution in [0.3, 0.4) is 0 Å². The molecule has 32 heavy (non-hydrogen) atoms. The van der Waals surface area contributed by atoms with Crippen molar-refractivity contribution in [2.45, 2.75) is 37.8 Å². The van der Waals surface area contributed by atoms with E-state index in [9.17, 15) is 9.59 Å². The second kappa shape index (κ2) is 10.4. The van der Waals surface area contributed by atoms with Crippen LogP contribution in [0.1, 0.15) is 39.9 Å². The van der Waals surface area contributed by atoms with Crippen molar-refractivity contribution in [1.82, 2.24) is 15.1 Å². The van der Waals surface area contributed by atoms with Crippen LogP contribution < -0.4 is 10.1 Å². The lowest BCUT2D eigenvalue weighted by molar-refractivity contribution is -0.121. The topological polar surface area (TPSA) is 61.9 Å². The molecule has 0 atom stereocenters. The van der Waals surface area contributed by atoms with E-state index in [1.807, 2.05) is 23.9 Å². The Hall–Kier alpha value is -2.51. The molecule has 7 heteroatoms. The van der Waals surface area contributed by atoms with Crippen LogP contribution in [0.25, 0.3) is 0 Å². The number of hydrogen-bond acceptors (Lipinski definition) is 5. The third-order valence-electron chi connectivity index (χ3n) is 6.30. The highest BCUT2D eigenvalue weighted by molar-refractivity contribution is 7.99. The van der Waals surface area contributed by atoms with Gasteiger partial charge in [-0.05, 0) is 55.4 Å². The molecule has 2 aromatic rings. The molecule has 0 radical (unpaired) electrons. The summed E-state index contributed by atoms with van der Waals surface area (Å²) in [4.78, 5) is 28.4. The zero-order valence-corrected chi connectivity index (χ0v) is 19.6. The molecule has 0 aliphatic carbocycles. The van der Waals surface area contributed by atoms with Crippen LogP contribution in [0.4, 0.5) is 0 Å². The van der Waals surface area contributed by atoms with Gasteiger partial charge in [-0.25, -0.2) is 0 Å². The maximum Gasteiger partial charge on any atom is 0.255 e. The van der Waals surface area contributed by atoms with E-state index in [0.29, 0.717) is 24.5 Å². The van der Waals surface area contributed by atoms with Crippen LogP contribution in [-0.4, -0.2) is 59.8 Å². The summed E-state index contributed by atoms with van der Waals surface area (Å²) in [6.07, 6.45) is 4.76. The fourth-order valence-corrected chi connectivity index (χ4v) is 5.02. The highest BCUT2D eigenvalue weighted by atomic mass is 32.2. The van der Waals surface area contributed by atoms with Gasteiger partial charge in [-0.15, -0.1) is 0 Å². The third kappa shape index (κ3) is 5.27. The summed E-state index contributed by atoms with van der Waals surface area (Å²) in [5.74, 6) is 0.401. The van der Waals surface area contributed by atoms with E-state index < -0.39 is 0 Å². The molecule has 0 spiro atoms. The molecule has 0 bridgehead atoms. The minimum Gasteiger partial charge on any atom is -0.489 e. The van der Waals surface area contributed by atoms with E-state index >= 15 is 0 Å². The molecular weight excluding hydrogens is 422 g/mol. The highest BCUT2D eigenvalue weighted by Crippen LogP contribution is 2.31. The van der Waals surface area contributed by atoms with Gasteiger partial charge in [0.25, 0.3) is 5.91 Å². The number of carbonyl (C=O) groups is 2. The molecule has 170 valence electrons. The van der Waals surface area contributed by atoms with Crippen LogP contribution in [0, 0.1) is 0 Å². The number of likely N-dealkylation sites (tertiary alicyclic amines) is 1. The normalized spacial score (nSPS) is 16.8. The quantitative estimate of drug-likeness (QED) is 0.665. The maximum absolute atomic E-state index is 12.6. The number of likely N-dealkylation sites (N-methyl/N-ethyl adjacent to an activating group) is 1. The Bertz CT molecular complexity index is 955. The number of amides is 2. The first-order chi connectivity index (χ1) is 15.6. The molecule has 2 aliphatic heterocycles. The number of benzene rings is 2. The van der Waals surface area contributed by atoms with Crippen LogP contribution in [0.2, 0.25) is 0 Å². The lowest BCUT2D eigenvalue weighted by atomic mass is 10.1. The molecule has 6 nitrogen and oxygen atoms in total. The Morgan fingerprint density at radius 3 is 2.53 bits per heavy atom. The fraction of sp³-hybridized carbons (Fsp3) is 0.440. The van der Waals surface area contributed by atoms with E-state index in [0.717, 1.165) is 22.9 Å². The van der Waals surface area contributed by atoms with Gasteiger partial charge < -0.3 is 15.0 Å². The van der Waals surface area contributed by atoms with Crippen LogP contribution in [0.15, 0.2) is 42.5 Å². The highest BCUT2D eigenvalue weighted by Gasteiger charge is 2.31. The number of ether oxygens (including phenoxy) is 1. The zero-order valence-electron chi connectivity index (χ0n) is 18.8. The zero-order chi connectivity index (χ0) is 22.5. The van der Waals surface area contributed by atoms with E-state index in [1.54, 1.807) is 18.0 Å². The molecule has 1 N–H and O–H groups in total. The Balaban J connectivity index is 1.33. The molecule has 0 aromatic heterocycles. The lowest BCUT2D eigenvalue weighted by Crippen LogP contribution is -2.35. The number of nitrogens with one attached hydrogen (secondary N) is 1. The fourth-order valence-electron chi connectivity index (χ4n) is 4.34. The largest absolute Gasteiger partial charge is 0.489 e. The molecule has 2 aromatic carbocycles. The molecule has 1 fully saturated rings. The van der Waals surface area contributed by atoms with Gasteiger partial charge in [0, 0.05) is 30.0 Å². The standard InChI is InChI=1S/C25H31N3O3S/c1-26-24(29)16-28-15-22-21(25(28)30)4-3-5-23(22)31-17-19-8-6-18(7-9-19)14-27-12-10-20(32-2)11-13-27/h3-9,20H,10-17H2,1-2H3,(H,26,29). The Morgan fingerprint density at radius 1 is 1.12 bits per heavy atom. The van der Waals surface area contributed by atoms with Gasteiger partial charge in [-0.2, -0.15) is 11.8 Å². The van der Waals surface area contributed by atoms with E-state index in [4.69, 9.17) is 4.74 Å². The lowest BCUT2D eigenvalue weighted by Gasteiger charge is -2.31. The number of nitrogens with zero attached hydrogens (tertiary/aromatic N) is 2. The number of carbonyl (C=O) groups excluding carboxylic acids is 2. The van der Waals surface area contributed by atoms with Crippen molar-refractivity contribution in [1.29, 1.82) is 0 Å². The Morgan fingerprint density at radius 2 is 1.84 bits per heavy atom. The molecule has 0 saturated carbocycles. The van der Waals surface area contributed by atoms with Gasteiger partial charge >= 0.3 is 0 Å². The molecule has 2 heterocycles. The van der Waals surface area contributed by atoms with E-state index in [1.165, 1.54) is 31.5 Å².